The molecule has 9 nitrogen and oxygen atoms in total. The molecule has 9 atom stereocenters. The Morgan fingerprint density at radius 2 is 1.87 bits per heavy atom. The van der Waals surface area contributed by atoms with Crippen LogP contribution in [0.15, 0.2) is 60.2 Å². The van der Waals surface area contributed by atoms with Gasteiger partial charge in [-0.05, 0) is 84.9 Å². The highest BCUT2D eigenvalue weighted by molar-refractivity contribution is 6.01. The van der Waals surface area contributed by atoms with Crippen LogP contribution in [0.2, 0.25) is 0 Å². The third-order valence-corrected chi connectivity index (χ3v) is 11.5. The summed E-state index contributed by atoms with van der Waals surface area (Å²) in [5.41, 5.74) is 6.88. The van der Waals surface area contributed by atoms with Crippen LogP contribution < -0.4 is 15.2 Å². The zero-order chi connectivity index (χ0) is 33.7. The van der Waals surface area contributed by atoms with Crippen LogP contribution in [0.25, 0.3) is 0 Å². The minimum absolute atomic E-state index is 0.00690. The van der Waals surface area contributed by atoms with Gasteiger partial charge in [0.15, 0.2) is 29.4 Å². The first-order valence-corrected chi connectivity index (χ1v) is 16.3. The maximum absolute atomic E-state index is 16.0. The molecule has 6 rings (SSSR count). The Labute approximate surface area is 274 Å². The van der Waals surface area contributed by atoms with Crippen molar-refractivity contribution in [2.45, 2.75) is 64.4 Å². The van der Waals surface area contributed by atoms with Crippen LogP contribution in [0, 0.1) is 40.3 Å². The Hall–Kier alpha value is -3.57. The van der Waals surface area contributed by atoms with Crippen molar-refractivity contribution in [2.24, 2.45) is 34.5 Å². The zero-order valence-electron chi connectivity index (χ0n) is 27.0. The topological polar surface area (TPSA) is 149 Å². The van der Waals surface area contributed by atoms with Crippen LogP contribution in [0.4, 0.5) is 10.1 Å². The van der Waals surface area contributed by atoms with Gasteiger partial charge in [-0.15, -0.1) is 0 Å². The minimum Gasteiger partial charge on any atom is -0.496 e. The summed E-state index contributed by atoms with van der Waals surface area (Å²) < 4.78 is 33.3. The van der Waals surface area contributed by atoms with Gasteiger partial charge in [0.1, 0.15) is 12.4 Å². The highest BCUT2D eigenvalue weighted by atomic mass is 19.1. The molecule has 0 aliphatic heterocycles. The molecule has 0 radical (unpaired) electrons. The first kappa shape index (κ1) is 33.3. The van der Waals surface area contributed by atoms with Crippen molar-refractivity contribution < 1.29 is 43.5 Å². The molecule has 4 aliphatic rings. The molecule has 2 aromatic rings. The molecule has 252 valence electrons. The number of benzene rings is 2. The monoisotopic (exact) mass is 649 g/mol. The summed E-state index contributed by atoms with van der Waals surface area (Å²) in [5, 5.41) is 33.2. The summed E-state index contributed by atoms with van der Waals surface area (Å²) >= 11 is 0. The van der Waals surface area contributed by atoms with E-state index in [0.717, 1.165) is 17.6 Å². The van der Waals surface area contributed by atoms with Gasteiger partial charge in [-0.2, -0.15) is 0 Å². The van der Waals surface area contributed by atoms with Gasteiger partial charge in [0.25, 0.3) is 0 Å². The molecule has 0 saturated heterocycles. The minimum atomic E-state index is -1.81. The molecule has 5 N–H and O–H groups in total. The lowest BCUT2D eigenvalue weighted by Crippen LogP contribution is -2.56. The van der Waals surface area contributed by atoms with Crippen LogP contribution in [0.3, 0.4) is 0 Å². The number of carbonyl (C=O) groups is 2. The Bertz CT molecular complexity index is 1590. The van der Waals surface area contributed by atoms with Crippen molar-refractivity contribution in [3.05, 3.63) is 77.1 Å². The summed E-state index contributed by atoms with van der Waals surface area (Å²) in [7, 11) is 1.36. The summed E-state index contributed by atoms with van der Waals surface area (Å²) in [6.45, 7) is 3.46. The largest absolute Gasteiger partial charge is 0.496 e. The summed E-state index contributed by atoms with van der Waals surface area (Å²) in [6.07, 6.45) is 4.29. The number of nitrogens with two attached hydrogens (primary N) is 1. The third kappa shape index (κ3) is 5.79. The van der Waals surface area contributed by atoms with Gasteiger partial charge in [0, 0.05) is 23.4 Å². The molecule has 0 bridgehead atoms. The van der Waals surface area contributed by atoms with Crippen LogP contribution in [-0.4, -0.2) is 59.4 Å². The smallest absolute Gasteiger partial charge is 0.188 e. The van der Waals surface area contributed by atoms with Crippen molar-refractivity contribution in [3.63, 3.8) is 0 Å². The lowest BCUT2D eigenvalue weighted by Gasteiger charge is -2.58. The highest BCUT2D eigenvalue weighted by Crippen LogP contribution is 2.66. The molecule has 3 fully saturated rings. The third-order valence-electron chi connectivity index (χ3n) is 11.5. The number of methoxy groups -OCH3 is 1. The molecule has 4 aliphatic carbocycles. The average molecular weight is 650 g/mol. The fourth-order valence-electron chi connectivity index (χ4n) is 9.40. The van der Waals surface area contributed by atoms with E-state index in [0.29, 0.717) is 24.9 Å². The fourth-order valence-corrected chi connectivity index (χ4v) is 9.40. The van der Waals surface area contributed by atoms with Crippen molar-refractivity contribution in [1.29, 1.82) is 0 Å². The van der Waals surface area contributed by atoms with E-state index in [-0.39, 0.29) is 53.6 Å². The van der Waals surface area contributed by atoms with Crippen molar-refractivity contribution in [2.75, 3.05) is 26.1 Å². The summed E-state index contributed by atoms with van der Waals surface area (Å²) in [5.74, 6) is -2.49. The molecule has 47 heavy (non-hydrogen) atoms. The van der Waals surface area contributed by atoms with Gasteiger partial charge in [-0.3, -0.25) is 9.59 Å². The maximum Gasteiger partial charge on any atom is 0.188 e. The number of halogens is 1. The Morgan fingerprint density at radius 1 is 1.15 bits per heavy atom. The van der Waals surface area contributed by atoms with Gasteiger partial charge >= 0.3 is 0 Å². The van der Waals surface area contributed by atoms with E-state index in [1.54, 1.807) is 24.3 Å². The van der Waals surface area contributed by atoms with E-state index in [1.165, 1.54) is 19.2 Å². The molecule has 0 aromatic heterocycles. The number of aliphatic hydroxyl groups is 3. The number of aliphatic hydroxyl groups excluding tert-OH is 3. The van der Waals surface area contributed by atoms with Crippen LogP contribution in [-0.2, 0) is 20.7 Å². The number of carbonyl (C=O) groups excluding carboxylic acids is 2. The van der Waals surface area contributed by atoms with E-state index >= 15 is 4.39 Å². The number of Topliss-reactive ketones (excluding diaryl/α,β-unsaturated/α-hetero) is 1. The molecule has 0 amide bonds. The standard InChI is InChI=1S/C37H44FNO8/c1-36-14-12-23(41)16-21(36)6-9-24-25-17-30(33(27(43)19-40)37(25,2)18-26(42)32(24)36)47-35(44)31-28(45-3)10-11-29(34(31)38)46-15-13-20-4-7-22(39)8-5-20/h4-5,7-8,10-12,14,16,24-26,30,32-33,35,40,42,44H,6,9,13,15,17-19,39H2,1-3H3/t24-,25-,26-,30+,32+,33-,35+,36-,37-/m0/s1. The number of rotatable bonds is 10. The second-order valence-electron chi connectivity index (χ2n) is 14.0. The van der Waals surface area contributed by atoms with E-state index in [4.69, 9.17) is 19.9 Å². The second kappa shape index (κ2) is 12.8. The first-order chi connectivity index (χ1) is 22.4. The van der Waals surface area contributed by atoms with Gasteiger partial charge in [-0.25, -0.2) is 4.39 Å². The van der Waals surface area contributed by atoms with E-state index in [1.807, 2.05) is 25.1 Å². The van der Waals surface area contributed by atoms with E-state index in [9.17, 15) is 24.9 Å². The summed E-state index contributed by atoms with van der Waals surface area (Å²) in [6, 6.07) is 10.2. The normalized spacial score (nSPS) is 33.3. The quantitative estimate of drug-likeness (QED) is 0.216. The fraction of sp³-hybridized carbons (Fsp3) is 0.514. The number of allylic oxidation sites excluding steroid dienone is 4. The number of hydrogen-bond acceptors (Lipinski definition) is 9. The van der Waals surface area contributed by atoms with Crippen molar-refractivity contribution >= 4 is 17.3 Å². The number of anilines is 1. The number of ether oxygens (including phenoxy) is 3. The molecule has 0 heterocycles. The Morgan fingerprint density at radius 3 is 2.57 bits per heavy atom. The molecular formula is C37H44FNO8. The van der Waals surface area contributed by atoms with Crippen molar-refractivity contribution in [3.8, 4) is 11.5 Å². The van der Waals surface area contributed by atoms with Gasteiger partial charge < -0.3 is 35.3 Å². The predicted octanol–water partition coefficient (Wildman–Crippen LogP) is 4.48. The first-order valence-electron chi connectivity index (χ1n) is 16.3. The van der Waals surface area contributed by atoms with Crippen LogP contribution in [0.1, 0.15) is 56.9 Å². The zero-order valence-corrected chi connectivity index (χ0v) is 27.0. The molecule has 3 saturated carbocycles. The molecule has 10 heteroatoms. The predicted molar refractivity (Wildman–Crippen MR) is 172 cm³/mol. The molecule has 2 aromatic carbocycles. The SMILES string of the molecule is COc1ccc(OCCc2ccc(N)cc2)c(F)c1[C@H](O)O[C@@H]1C[C@H]2[C@@H]3CCC4=CC(=O)C=C[C@]4(C)[C@H]3[C@@H](O)C[C@]2(C)[C@H]1C(=O)CO. The lowest BCUT2D eigenvalue weighted by molar-refractivity contribution is -0.168. The highest BCUT2D eigenvalue weighted by Gasteiger charge is 2.65. The van der Waals surface area contributed by atoms with Gasteiger partial charge in [0.05, 0.1) is 37.4 Å². The second-order valence-corrected chi connectivity index (χ2v) is 14.0. The Balaban J connectivity index is 1.26. The molecule has 0 spiro atoms. The number of fused-ring (bicyclic) bond motifs is 5. The molecule has 0 unspecified atom stereocenters. The van der Waals surface area contributed by atoms with Crippen molar-refractivity contribution in [1.82, 2.24) is 0 Å². The number of hydrogen-bond donors (Lipinski definition) is 4. The van der Waals surface area contributed by atoms with Crippen LogP contribution in [0.5, 0.6) is 11.5 Å². The number of ketones is 2. The maximum atomic E-state index is 16.0. The lowest BCUT2D eigenvalue weighted by atomic mass is 9.46. The average Bonchev–Trinajstić information content (AvgIpc) is 3.33. The summed E-state index contributed by atoms with van der Waals surface area (Å²) in [4.78, 5) is 25.6. The number of nitrogen functional groups attached to an aromatic ring is 1. The van der Waals surface area contributed by atoms with Gasteiger partial charge in [0.2, 0.25) is 0 Å². The van der Waals surface area contributed by atoms with E-state index < -0.39 is 53.5 Å². The van der Waals surface area contributed by atoms with E-state index in [2.05, 4.69) is 6.92 Å². The van der Waals surface area contributed by atoms with Gasteiger partial charge in [-0.1, -0.05) is 37.6 Å². The van der Waals surface area contributed by atoms with Crippen LogP contribution >= 0.6 is 0 Å². The molecular weight excluding hydrogens is 605 g/mol. The Kier molecular flexibility index (Phi) is 9.08.